The Labute approximate surface area is 154 Å². The SMILES string of the molecule is COc1cc(N2CCCC(C)C2)nc(NC(=S)NCC2CCCO2)n1. The van der Waals surface area contributed by atoms with Crippen LogP contribution >= 0.6 is 12.2 Å². The van der Waals surface area contributed by atoms with E-state index in [2.05, 4.69) is 32.4 Å². The zero-order valence-electron chi connectivity index (χ0n) is 15.0. The first-order chi connectivity index (χ1) is 12.1. The summed E-state index contributed by atoms with van der Waals surface area (Å²) in [4.78, 5) is 11.3. The van der Waals surface area contributed by atoms with Crippen LogP contribution in [0.4, 0.5) is 11.8 Å². The molecular weight excluding hydrogens is 338 g/mol. The number of ether oxygens (including phenoxy) is 2. The molecule has 0 aromatic carbocycles. The molecule has 2 atom stereocenters. The van der Waals surface area contributed by atoms with Gasteiger partial charge in [-0.05, 0) is 43.8 Å². The number of hydrogen-bond donors (Lipinski definition) is 2. The van der Waals surface area contributed by atoms with E-state index in [0.717, 1.165) is 38.4 Å². The Bertz CT molecular complexity index is 594. The van der Waals surface area contributed by atoms with E-state index in [-0.39, 0.29) is 6.10 Å². The first-order valence-electron chi connectivity index (χ1n) is 8.98. The quantitative estimate of drug-likeness (QED) is 0.770. The third kappa shape index (κ3) is 5.15. The predicted octanol–water partition coefficient (Wildman–Crippen LogP) is 2.19. The molecule has 0 spiro atoms. The molecule has 3 heterocycles. The number of rotatable bonds is 5. The van der Waals surface area contributed by atoms with Gasteiger partial charge in [0.15, 0.2) is 5.11 Å². The van der Waals surface area contributed by atoms with Gasteiger partial charge in [0.1, 0.15) is 5.82 Å². The molecule has 0 bridgehead atoms. The fourth-order valence-electron chi connectivity index (χ4n) is 3.29. The van der Waals surface area contributed by atoms with Crippen molar-refractivity contribution in [2.24, 2.45) is 5.92 Å². The standard InChI is InChI=1S/C17H27N5O2S/c1-12-5-3-7-22(11-12)14-9-15(23-2)20-16(19-14)21-17(25)18-10-13-6-4-8-24-13/h9,12-13H,3-8,10-11H2,1-2H3,(H2,18,19,20,21,25). The number of nitrogens with one attached hydrogen (secondary N) is 2. The Morgan fingerprint density at radius 2 is 2.28 bits per heavy atom. The fraction of sp³-hybridized carbons (Fsp3) is 0.706. The molecular formula is C17H27N5O2S. The van der Waals surface area contributed by atoms with Crippen LogP contribution in [0.2, 0.25) is 0 Å². The van der Waals surface area contributed by atoms with Crippen molar-refractivity contribution in [3.8, 4) is 5.88 Å². The first kappa shape index (κ1) is 18.1. The number of aromatic nitrogens is 2. The minimum Gasteiger partial charge on any atom is -0.481 e. The molecule has 7 nitrogen and oxygen atoms in total. The smallest absolute Gasteiger partial charge is 0.234 e. The van der Waals surface area contributed by atoms with E-state index in [0.29, 0.717) is 29.4 Å². The van der Waals surface area contributed by atoms with Crippen molar-refractivity contribution in [3.63, 3.8) is 0 Å². The monoisotopic (exact) mass is 365 g/mol. The van der Waals surface area contributed by atoms with Gasteiger partial charge in [-0.2, -0.15) is 9.97 Å². The molecule has 138 valence electrons. The molecule has 0 radical (unpaired) electrons. The molecule has 1 aromatic rings. The van der Waals surface area contributed by atoms with Crippen LogP contribution in [-0.2, 0) is 4.74 Å². The molecule has 2 fully saturated rings. The topological polar surface area (TPSA) is 71.5 Å². The van der Waals surface area contributed by atoms with Crippen molar-refractivity contribution >= 4 is 29.1 Å². The normalized spacial score (nSPS) is 23.4. The van der Waals surface area contributed by atoms with Crippen molar-refractivity contribution in [1.29, 1.82) is 0 Å². The number of thiocarbonyl (C=S) groups is 1. The Kier molecular flexibility index (Phi) is 6.25. The minimum atomic E-state index is 0.233. The van der Waals surface area contributed by atoms with E-state index < -0.39 is 0 Å². The third-order valence-electron chi connectivity index (χ3n) is 4.62. The van der Waals surface area contributed by atoms with Crippen molar-refractivity contribution in [2.45, 2.75) is 38.7 Å². The van der Waals surface area contributed by atoms with E-state index in [1.54, 1.807) is 7.11 Å². The summed E-state index contributed by atoms with van der Waals surface area (Å²) in [7, 11) is 1.61. The van der Waals surface area contributed by atoms with Crippen LogP contribution in [0.3, 0.4) is 0 Å². The molecule has 2 aliphatic heterocycles. The van der Waals surface area contributed by atoms with Crippen LogP contribution in [0.5, 0.6) is 5.88 Å². The summed E-state index contributed by atoms with van der Waals surface area (Å²) in [6.45, 7) is 5.82. The van der Waals surface area contributed by atoms with Gasteiger partial charge >= 0.3 is 0 Å². The highest BCUT2D eigenvalue weighted by Gasteiger charge is 2.20. The van der Waals surface area contributed by atoms with Gasteiger partial charge in [0.05, 0.1) is 13.2 Å². The maximum Gasteiger partial charge on any atom is 0.234 e. The van der Waals surface area contributed by atoms with Crippen molar-refractivity contribution in [2.75, 3.05) is 43.6 Å². The van der Waals surface area contributed by atoms with Gasteiger partial charge < -0.3 is 25.0 Å². The number of anilines is 2. The van der Waals surface area contributed by atoms with E-state index in [4.69, 9.17) is 21.7 Å². The lowest BCUT2D eigenvalue weighted by Gasteiger charge is -2.32. The van der Waals surface area contributed by atoms with Crippen molar-refractivity contribution in [3.05, 3.63) is 6.07 Å². The maximum absolute atomic E-state index is 5.59. The average Bonchev–Trinajstić information content (AvgIpc) is 3.13. The summed E-state index contributed by atoms with van der Waals surface area (Å²) in [5.41, 5.74) is 0. The van der Waals surface area contributed by atoms with Gasteiger partial charge in [0.25, 0.3) is 0 Å². The number of nitrogens with zero attached hydrogens (tertiary/aromatic N) is 3. The maximum atomic E-state index is 5.59. The summed E-state index contributed by atoms with van der Waals surface area (Å²) in [6.07, 6.45) is 4.86. The van der Waals surface area contributed by atoms with Crippen LogP contribution < -0.4 is 20.3 Å². The number of piperidine rings is 1. The summed E-state index contributed by atoms with van der Waals surface area (Å²) in [5, 5.41) is 6.75. The first-order valence-corrected chi connectivity index (χ1v) is 9.39. The second-order valence-corrected chi connectivity index (χ2v) is 7.16. The highest BCUT2D eigenvalue weighted by molar-refractivity contribution is 7.80. The van der Waals surface area contributed by atoms with E-state index in [9.17, 15) is 0 Å². The van der Waals surface area contributed by atoms with Crippen LogP contribution in [0.25, 0.3) is 0 Å². The molecule has 0 saturated carbocycles. The zero-order valence-corrected chi connectivity index (χ0v) is 15.8. The third-order valence-corrected chi connectivity index (χ3v) is 4.87. The highest BCUT2D eigenvalue weighted by Crippen LogP contribution is 2.25. The van der Waals surface area contributed by atoms with Gasteiger partial charge in [-0.3, -0.25) is 0 Å². The Hall–Kier alpha value is -1.67. The minimum absolute atomic E-state index is 0.233. The van der Waals surface area contributed by atoms with E-state index in [1.165, 1.54) is 12.8 Å². The molecule has 2 N–H and O–H groups in total. The van der Waals surface area contributed by atoms with Gasteiger partial charge in [0.2, 0.25) is 11.8 Å². The lowest BCUT2D eigenvalue weighted by Crippen LogP contribution is -2.36. The van der Waals surface area contributed by atoms with Crippen molar-refractivity contribution in [1.82, 2.24) is 15.3 Å². The largest absolute Gasteiger partial charge is 0.481 e. The van der Waals surface area contributed by atoms with Gasteiger partial charge in [-0.15, -0.1) is 0 Å². The highest BCUT2D eigenvalue weighted by atomic mass is 32.1. The van der Waals surface area contributed by atoms with E-state index >= 15 is 0 Å². The molecule has 8 heteroatoms. The molecule has 2 aliphatic rings. The van der Waals surface area contributed by atoms with Crippen molar-refractivity contribution < 1.29 is 9.47 Å². The number of methoxy groups -OCH3 is 1. The lowest BCUT2D eigenvalue weighted by molar-refractivity contribution is 0.114. The molecule has 2 saturated heterocycles. The Morgan fingerprint density at radius 1 is 1.40 bits per heavy atom. The number of hydrogen-bond acceptors (Lipinski definition) is 6. The van der Waals surface area contributed by atoms with E-state index in [1.807, 2.05) is 6.07 Å². The summed E-state index contributed by atoms with van der Waals surface area (Å²) in [6, 6.07) is 1.88. The van der Waals surface area contributed by atoms with Gasteiger partial charge in [-0.25, -0.2) is 0 Å². The van der Waals surface area contributed by atoms with Crippen LogP contribution in [-0.4, -0.2) is 54.5 Å². The molecule has 25 heavy (non-hydrogen) atoms. The summed E-state index contributed by atoms with van der Waals surface area (Å²) < 4.78 is 10.9. The molecule has 0 amide bonds. The van der Waals surface area contributed by atoms with Crippen LogP contribution in [0.1, 0.15) is 32.6 Å². The zero-order chi connectivity index (χ0) is 17.6. The second kappa shape index (κ2) is 8.62. The molecule has 3 rings (SSSR count). The van der Waals surface area contributed by atoms with Gasteiger partial charge in [0, 0.05) is 32.3 Å². The van der Waals surface area contributed by atoms with Crippen LogP contribution in [0, 0.1) is 5.92 Å². The Morgan fingerprint density at radius 3 is 3.00 bits per heavy atom. The van der Waals surface area contributed by atoms with Gasteiger partial charge in [-0.1, -0.05) is 6.92 Å². The molecule has 2 unspecified atom stereocenters. The summed E-state index contributed by atoms with van der Waals surface area (Å²) >= 11 is 5.36. The van der Waals surface area contributed by atoms with Crippen LogP contribution in [0.15, 0.2) is 6.07 Å². The summed E-state index contributed by atoms with van der Waals surface area (Å²) in [5.74, 6) is 2.54. The Balaban J connectivity index is 1.63. The molecule has 0 aliphatic carbocycles. The predicted molar refractivity (Wildman–Crippen MR) is 102 cm³/mol. The molecule has 1 aromatic heterocycles. The average molecular weight is 366 g/mol. The fourth-order valence-corrected chi connectivity index (χ4v) is 3.47. The lowest BCUT2D eigenvalue weighted by atomic mass is 10.0. The second-order valence-electron chi connectivity index (χ2n) is 6.76.